The number of hydrogen-bond donors (Lipinski definition) is 2. The number of rotatable bonds is 7. The largest absolute Gasteiger partial charge is 0.497 e. The molecule has 3 aromatic rings. The van der Waals surface area contributed by atoms with Crippen LogP contribution in [0.5, 0.6) is 11.5 Å². The average Bonchev–Trinajstić information content (AvgIpc) is 2.78. The number of carbonyl (C=O) groups excluding carboxylic acids is 2. The van der Waals surface area contributed by atoms with Gasteiger partial charge in [0.2, 0.25) is 5.91 Å². The summed E-state index contributed by atoms with van der Waals surface area (Å²) in [5.41, 5.74) is 7.70. The molecule has 0 bridgehead atoms. The SMILES string of the molecule is COc1ccc(CC(=O)NNC(=O)COc2ccc(-c3ccccc3)cc2)cc1. The second-order valence-electron chi connectivity index (χ2n) is 6.30. The average molecular weight is 390 g/mol. The molecule has 0 radical (unpaired) electrons. The lowest BCUT2D eigenvalue weighted by molar-refractivity contribution is -0.129. The summed E-state index contributed by atoms with van der Waals surface area (Å²) >= 11 is 0. The van der Waals surface area contributed by atoms with Gasteiger partial charge in [0, 0.05) is 0 Å². The molecule has 0 fully saturated rings. The van der Waals surface area contributed by atoms with Crippen LogP contribution in [0.2, 0.25) is 0 Å². The molecular formula is C23H22N2O4. The van der Waals surface area contributed by atoms with Crippen LogP contribution >= 0.6 is 0 Å². The molecule has 2 N–H and O–H groups in total. The monoisotopic (exact) mass is 390 g/mol. The molecule has 0 unspecified atom stereocenters. The van der Waals surface area contributed by atoms with Crippen LogP contribution in [0, 0.1) is 0 Å². The highest BCUT2D eigenvalue weighted by molar-refractivity contribution is 5.83. The lowest BCUT2D eigenvalue weighted by Crippen LogP contribution is -2.44. The van der Waals surface area contributed by atoms with E-state index in [0.29, 0.717) is 5.75 Å². The third kappa shape index (κ3) is 6.10. The van der Waals surface area contributed by atoms with E-state index in [-0.39, 0.29) is 18.9 Å². The Kier molecular flexibility index (Phi) is 6.84. The maximum absolute atomic E-state index is 11.9. The van der Waals surface area contributed by atoms with Crippen molar-refractivity contribution < 1.29 is 19.1 Å². The van der Waals surface area contributed by atoms with Crippen LogP contribution in [0.4, 0.5) is 0 Å². The Hall–Kier alpha value is -3.80. The Bertz CT molecular complexity index is 939. The van der Waals surface area contributed by atoms with Crippen molar-refractivity contribution in [3.63, 3.8) is 0 Å². The zero-order chi connectivity index (χ0) is 20.5. The molecule has 0 saturated carbocycles. The highest BCUT2D eigenvalue weighted by Crippen LogP contribution is 2.21. The van der Waals surface area contributed by atoms with Gasteiger partial charge < -0.3 is 9.47 Å². The van der Waals surface area contributed by atoms with E-state index >= 15 is 0 Å². The van der Waals surface area contributed by atoms with E-state index in [9.17, 15) is 9.59 Å². The topological polar surface area (TPSA) is 76.7 Å². The van der Waals surface area contributed by atoms with Gasteiger partial charge in [-0.3, -0.25) is 20.4 Å². The predicted molar refractivity (Wildman–Crippen MR) is 110 cm³/mol. The third-order valence-corrected chi connectivity index (χ3v) is 4.20. The minimum atomic E-state index is -0.444. The molecule has 0 aliphatic heterocycles. The zero-order valence-electron chi connectivity index (χ0n) is 16.1. The first-order valence-corrected chi connectivity index (χ1v) is 9.13. The van der Waals surface area contributed by atoms with Gasteiger partial charge >= 0.3 is 0 Å². The van der Waals surface area contributed by atoms with Gasteiger partial charge in [-0.2, -0.15) is 0 Å². The first kappa shape index (κ1) is 19.9. The molecule has 0 aromatic heterocycles. The van der Waals surface area contributed by atoms with E-state index in [1.807, 2.05) is 42.5 Å². The number of carbonyl (C=O) groups is 2. The summed E-state index contributed by atoms with van der Waals surface area (Å²) in [4.78, 5) is 23.8. The molecule has 0 atom stereocenters. The minimum Gasteiger partial charge on any atom is -0.497 e. The van der Waals surface area contributed by atoms with Crippen LogP contribution in [0.25, 0.3) is 11.1 Å². The van der Waals surface area contributed by atoms with Crippen molar-refractivity contribution in [3.8, 4) is 22.6 Å². The Morgan fingerprint density at radius 3 is 1.97 bits per heavy atom. The Morgan fingerprint density at radius 2 is 1.31 bits per heavy atom. The smallest absolute Gasteiger partial charge is 0.276 e. The van der Waals surface area contributed by atoms with Crippen LogP contribution in [-0.4, -0.2) is 25.5 Å². The zero-order valence-corrected chi connectivity index (χ0v) is 16.1. The van der Waals surface area contributed by atoms with Gasteiger partial charge in [0.15, 0.2) is 6.61 Å². The standard InChI is InChI=1S/C23H22N2O4/c1-28-20-11-7-17(8-12-20)15-22(26)24-25-23(27)16-29-21-13-9-19(10-14-21)18-5-3-2-4-6-18/h2-14H,15-16H2,1H3,(H,24,26)(H,25,27). The van der Waals surface area contributed by atoms with Gasteiger partial charge in [0.25, 0.3) is 5.91 Å². The summed E-state index contributed by atoms with van der Waals surface area (Å²) < 4.78 is 10.5. The van der Waals surface area contributed by atoms with Gasteiger partial charge in [0.1, 0.15) is 11.5 Å². The van der Waals surface area contributed by atoms with Gasteiger partial charge in [-0.05, 0) is 41.0 Å². The predicted octanol–water partition coefficient (Wildman–Crippen LogP) is 3.13. The fraction of sp³-hybridized carbons (Fsp3) is 0.130. The van der Waals surface area contributed by atoms with E-state index in [1.165, 1.54) is 0 Å². The second kappa shape index (κ2) is 9.94. The van der Waals surface area contributed by atoms with E-state index in [0.717, 1.165) is 22.4 Å². The van der Waals surface area contributed by atoms with Crippen molar-refractivity contribution in [1.82, 2.24) is 10.9 Å². The van der Waals surface area contributed by atoms with E-state index in [1.54, 1.807) is 43.5 Å². The highest BCUT2D eigenvalue weighted by Gasteiger charge is 2.07. The van der Waals surface area contributed by atoms with Crippen LogP contribution in [0.3, 0.4) is 0 Å². The van der Waals surface area contributed by atoms with Crippen molar-refractivity contribution >= 4 is 11.8 Å². The van der Waals surface area contributed by atoms with E-state index in [4.69, 9.17) is 9.47 Å². The fourth-order valence-electron chi connectivity index (χ4n) is 2.67. The van der Waals surface area contributed by atoms with Crippen LogP contribution in [0.1, 0.15) is 5.56 Å². The van der Waals surface area contributed by atoms with Gasteiger partial charge in [-0.25, -0.2) is 0 Å². The van der Waals surface area contributed by atoms with Crippen LogP contribution in [0.15, 0.2) is 78.9 Å². The van der Waals surface area contributed by atoms with Crippen molar-refractivity contribution in [2.75, 3.05) is 13.7 Å². The summed E-state index contributed by atoms with van der Waals surface area (Å²) in [6.45, 7) is -0.201. The third-order valence-electron chi connectivity index (χ3n) is 4.20. The molecule has 148 valence electrons. The molecule has 3 aromatic carbocycles. The van der Waals surface area contributed by atoms with Crippen molar-refractivity contribution in [2.24, 2.45) is 0 Å². The van der Waals surface area contributed by atoms with Gasteiger partial charge in [-0.1, -0.05) is 54.6 Å². The Morgan fingerprint density at radius 1 is 0.724 bits per heavy atom. The number of benzene rings is 3. The van der Waals surface area contributed by atoms with Gasteiger partial charge in [0.05, 0.1) is 13.5 Å². The normalized spacial score (nSPS) is 10.1. The summed E-state index contributed by atoms with van der Waals surface area (Å²) in [5, 5.41) is 0. The number of nitrogens with one attached hydrogen (secondary N) is 2. The quantitative estimate of drug-likeness (QED) is 0.608. The number of methoxy groups -OCH3 is 1. The maximum Gasteiger partial charge on any atom is 0.276 e. The molecule has 2 amide bonds. The summed E-state index contributed by atoms with van der Waals surface area (Å²) in [7, 11) is 1.58. The van der Waals surface area contributed by atoms with Gasteiger partial charge in [-0.15, -0.1) is 0 Å². The molecule has 0 aliphatic rings. The second-order valence-corrected chi connectivity index (χ2v) is 6.30. The lowest BCUT2D eigenvalue weighted by atomic mass is 10.1. The summed E-state index contributed by atoms with van der Waals surface area (Å²) in [5.74, 6) is 0.525. The van der Waals surface area contributed by atoms with Crippen molar-refractivity contribution in [2.45, 2.75) is 6.42 Å². The highest BCUT2D eigenvalue weighted by atomic mass is 16.5. The number of ether oxygens (including phenoxy) is 2. The summed E-state index contributed by atoms with van der Waals surface area (Å²) in [6.07, 6.45) is 0.145. The summed E-state index contributed by atoms with van der Waals surface area (Å²) in [6, 6.07) is 24.6. The molecule has 29 heavy (non-hydrogen) atoms. The number of hydrazine groups is 1. The molecule has 0 aliphatic carbocycles. The molecule has 6 nitrogen and oxygen atoms in total. The minimum absolute atomic E-state index is 0.145. The van der Waals surface area contributed by atoms with Crippen LogP contribution in [-0.2, 0) is 16.0 Å². The van der Waals surface area contributed by atoms with Crippen molar-refractivity contribution in [3.05, 3.63) is 84.4 Å². The van der Waals surface area contributed by atoms with E-state index < -0.39 is 5.91 Å². The molecule has 3 rings (SSSR count). The molecule has 0 heterocycles. The maximum atomic E-state index is 11.9. The lowest BCUT2D eigenvalue weighted by Gasteiger charge is -2.10. The first-order valence-electron chi connectivity index (χ1n) is 9.13. The number of amides is 2. The molecule has 0 saturated heterocycles. The van der Waals surface area contributed by atoms with Crippen LogP contribution < -0.4 is 20.3 Å². The van der Waals surface area contributed by atoms with E-state index in [2.05, 4.69) is 10.9 Å². The number of hydrogen-bond acceptors (Lipinski definition) is 4. The Balaban J connectivity index is 1.40. The molecule has 6 heteroatoms. The van der Waals surface area contributed by atoms with Crippen molar-refractivity contribution in [1.29, 1.82) is 0 Å². The fourth-order valence-corrected chi connectivity index (χ4v) is 2.67. The first-order chi connectivity index (χ1) is 14.1. The Labute approximate surface area is 169 Å². The molecular weight excluding hydrogens is 368 g/mol. The molecule has 0 spiro atoms.